The lowest BCUT2D eigenvalue weighted by Gasteiger charge is -2.21. The molecule has 2 unspecified atom stereocenters. The number of hydrogen-bond acceptors (Lipinski definition) is 15. The molecule has 19 heteroatoms. The summed E-state index contributed by atoms with van der Waals surface area (Å²) in [5.74, 6) is -2.11. The topological polar surface area (TPSA) is 237 Å². The van der Waals surface area contributed by atoms with E-state index in [1.165, 1.54) is 231 Å². The summed E-state index contributed by atoms with van der Waals surface area (Å²) in [7, 11) is -9.90. The molecule has 0 aromatic rings. The van der Waals surface area contributed by atoms with Crippen molar-refractivity contribution < 1.29 is 80.2 Å². The number of aliphatic hydroxyl groups excluding tert-OH is 1. The number of carbonyl (C=O) groups excluding carboxylic acids is 4. The second-order valence-corrected chi connectivity index (χ2v) is 30.3. The summed E-state index contributed by atoms with van der Waals surface area (Å²) in [6, 6.07) is 0. The summed E-state index contributed by atoms with van der Waals surface area (Å²) >= 11 is 0. The molecule has 0 saturated carbocycles. The molecule has 0 aliphatic heterocycles. The van der Waals surface area contributed by atoms with Crippen LogP contribution in [-0.4, -0.2) is 96.7 Å². The lowest BCUT2D eigenvalue weighted by atomic mass is 10.0. The van der Waals surface area contributed by atoms with E-state index in [0.717, 1.165) is 96.3 Å². The minimum atomic E-state index is -4.96. The average molecular weight is 1400 g/mol. The van der Waals surface area contributed by atoms with Gasteiger partial charge in [0.25, 0.3) is 0 Å². The number of ether oxygens (including phenoxy) is 4. The van der Waals surface area contributed by atoms with Gasteiger partial charge in [-0.1, -0.05) is 355 Å². The molecular weight excluding hydrogens is 1250 g/mol. The van der Waals surface area contributed by atoms with Crippen LogP contribution in [0, 0.1) is 0 Å². The Morgan fingerprint density at radius 2 is 0.421 bits per heavy atom. The van der Waals surface area contributed by atoms with Crippen LogP contribution in [0.15, 0.2) is 0 Å². The second kappa shape index (κ2) is 70.5. The van der Waals surface area contributed by atoms with Crippen LogP contribution in [0.25, 0.3) is 0 Å². The van der Waals surface area contributed by atoms with Crippen molar-refractivity contribution in [3.63, 3.8) is 0 Å². The standard InChI is InChI=1S/C76H148O17P2/c1-5-9-13-17-21-25-28-30-32-34-36-38-40-43-45-49-53-57-61-74(79)87-67-72(93-76(81)63-59-55-51-47-44-41-39-37-35-33-31-29-26-22-18-14-10-6-2)69-91-95(84,85)89-65-70(77)64-88-94(82,83)90-68-71(66-86-73(78)60-56-52-48-24-20-16-12-8-4)92-75(80)62-58-54-50-46-42-27-23-19-15-11-7-3/h70-72,77H,5-69H2,1-4H3,(H,82,83)(H,84,85)/t70-,71+,72+/m0/s1. The third-order valence-electron chi connectivity index (χ3n) is 17.9. The third kappa shape index (κ3) is 70.3. The quantitative estimate of drug-likeness (QED) is 0.0222. The maximum absolute atomic E-state index is 13.1. The Balaban J connectivity index is 5.19. The first-order valence-corrected chi connectivity index (χ1v) is 42.8. The van der Waals surface area contributed by atoms with Gasteiger partial charge in [-0.25, -0.2) is 9.13 Å². The minimum Gasteiger partial charge on any atom is -0.462 e. The highest BCUT2D eigenvalue weighted by Gasteiger charge is 2.30. The van der Waals surface area contributed by atoms with Crippen LogP contribution < -0.4 is 0 Å². The van der Waals surface area contributed by atoms with Crippen LogP contribution in [-0.2, 0) is 65.4 Å². The van der Waals surface area contributed by atoms with Crippen molar-refractivity contribution in [2.24, 2.45) is 0 Å². The first-order chi connectivity index (χ1) is 46.2. The van der Waals surface area contributed by atoms with Crippen LogP contribution in [0.4, 0.5) is 0 Å². The normalized spacial score (nSPS) is 13.9. The summed E-state index contributed by atoms with van der Waals surface area (Å²) in [6.45, 7) is 4.96. The highest BCUT2D eigenvalue weighted by Crippen LogP contribution is 2.45. The molecule has 0 spiro atoms. The van der Waals surface area contributed by atoms with E-state index < -0.39 is 97.5 Å². The van der Waals surface area contributed by atoms with Crippen LogP contribution in [0.1, 0.15) is 407 Å². The van der Waals surface area contributed by atoms with Crippen molar-refractivity contribution in [3.8, 4) is 0 Å². The van der Waals surface area contributed by atoms with Crippen molar-refractivity contribution in [2.45, 2.75) is 425 Å². The Morgan fingerprint density at radius 1 is 0.253 bits per heavy atom. The predicted octanol–water partition coefficient (Wildman–Crippen LogP) is 22.6. The van der Waals surface area contributed by atoms with Gasteiger partial charge >= 0.3 is 39.5 Å². The minimum absolute atomic E-state index is 0.107. The van der Waals surface area contributed by atoms with E-state index in [1.54, 1.807) is 0 Å². The molecule has 0 aromatic carbocycles. The van der Waals surface area contributed by atoms with Gasteiger partial charge in [0.1, 0.15) is 19.3 Å². The van der Waals surface area contributed by atoms with Gasteiger partial charge in [0.05, 0.1) is 26.4 Å². The Labute approximate surface area is 581 Å². The zero-order valence-corrected chi connectivity index (χ0v) is 63.4. The number of esters is 4. The fraction of sp³-hybridized carbons (Fsp3) is 0.947. The molecule has 0 heterocycles. The molecule has 0 aliphatic carbocycles. The number of carbonyl (C=O) groups is 4. The van der Waals surface area contributed by atoms with E-state index in [1.807, 2.05) is 0 Å². The van der Waals surface area contributed by atoms with Crippen LogP contribution in [0.5, 0.6) is 0 Å². The second-order valence-electron chi connectivity index (χ2n) is 27.4. The highest BCUT2D eigenvalue weighted by molar-refractivity contribution is 7.47. The highest BCUT2D eigenvalue weighted by atomic mass is 31.2. The first-order valence-electron chi connectivity index (χ1n) is 39.8. The van der Waals surface area contributed by atoms with Crippen LogP contribution >= 0.6 is 15.6 Å². The van der Waals surface area contributed by atoms with E-state index in [-0.39, 0.29) is 25.7 Å². The van der Waals surface area contributed by atoms with Crippen molar-refractivity contribution >= 4 is 39.5 Å². The molecule has 0 aliphatic rings. The zero-order valence-electron chi connectivity index (χ0n) is 61.6. The monoisotopic (exact) mass is 1400 g/mol. The average Bonchev–Trinajstić information content (AvgIpc) is 3.66. The van der Waals surface area contributed by atoms with Gasteiger partial charge in [-0.15, -0.1) is 0 Å². The summed E-state index contributed by atoms with van der Waals surface area (Å²) in [4.78, 5) is 72.7. The molecule has 0 aromatic heterocycles. The number of phosphoric ester groups is 2. The maximum Gasteiger partial charge on any atom is 0.472 e. The largest absolute Gasteiger partial charge is 0.472 e. The third-order valence-corrected chi connectivity index (χ3v) is 19.8. The first kappa shape index (κ1) is 93.1. The smallest absolute Gasteiger partial charge is 0.462 e. The maximum atomic E-state index is 13.1. The van der Waals surface area contributed by atoms with Gasteiger partial charge < -0.3 is 33.8 Å². The Hall–Kier alpha value is -1.94. The fourth-order valence-corrected chi connectivity index (χ4v) is 13.3. The Bertz CT molecular complexity index is 1810. The Kier molecular flexibility index (Phi) is 69.1. The van der Waals surface area contributed by atoms with Gasteiger partial charge in [-0.2, -0.15) is 0 Å². The molecule has 17 nitrogen and oxygen atoms in total. The van der Waals surface area contributed by atoms with E-state index in [2.05, 4.69) is 27.7 Å². The summed E-state index contributed by atoms with van der Waals surface area (Å²) in [6.07, 6.45) is 61.1. The van der Waals surface area contributed by atoms with Crippen LogP contribution in [0.2, 0.25) is 0 Å². The SMILES string of the molecule is CCCCCCCCCCCCCCCCCCCCC(=O)OC[C@H](COP(=O)(O)OC[C@@H](O)COP(=O)(O)OC[C@@H](COC(=O)CCCCCCCCCC)OC(=O)CCCCCCCCCCCCC)OC(=O)CCCCCCCCCCCCCCCCCCCC. The van der Waals surface area contributed by atoms with Gasteiger partial charge in [0, 0.05) is 25.7 Å². The Morgan fingerprint density at radius 3 is 0.621 bits per heavy atom. The molecule has 0 bridgehead atoms. The molecule has 3 N–H and O–H groups in total. The summed E-state index contributed by atoms with van der Waals surface area (Å²) in [5, 5.41) is 10.6. The van der Waals surface area contributed by atoms with E-state index in [0.29, 0.717) is 25.7 Å². The molecule has 0 rings (SSSR count). The number of aliphatic hydroxyl groups is 1. The molecule has 564 valence electrons. The van der Waals surface area contributed by atoms with Crippen LogP contribution in [0.3, 0.4) is 0 Å². The van der Waals surface area contributed by atoms with Crippen molar-refractivity contribution in [1.82, 2.24) is 0 Å². The molecule has 0 fully saturated rings. The summed E-state index contributed by atoms with van der Waals surface area (Å²) < 4.78 is 68.4. The number of rotatable bonds is 77. The van der Waals surface area contributed by atoms with Gasteiger partial charge in [0.2, 0.25) is 0 Å². The number of phosphoric acid groups is 2. The van der Waals surface area contributed by atoms with Gasteiger partial charge in [-0.05, 0) is 25.7 Å². The van der Waals surface area contributed by atoms with E-state index in [9.17, 15) is 43.2 Å². The summed E-state index contributed by atoms with van der Waals surface area (Å²) in [5.41, 5.74) is 0. The lowest BCUT2D eigenvalue weighted by molar-refractivity contribution is -0.161. The molecule has 0 radical (unpaired) electrons. The molecule has 0 amide bonds. The van der Waals surface area contributed by atoms with E-state index >= 15 is 0 Å². The number of hydrogen-bond donors (Lipinski definition) is 3. The zero-order chi connectivity index (χ0) is 69.7. The van der Waals surface area contributed by atoms with E-state index in [4.69, 9.17) is 37.0 Å². The molecule has 0 saturated heterocycles. The van der Waals surface area contributed by atoms with Gasteiger partial charge in [-0.3, -0.25) is 37.3 Å². The molecular formula is C76H148O17P2. The number of unbranched alkanes of at least 4 members (excludes halogenated alkanes) is 51. The fourth-order valence-electron chi connectivity index (χ4n) is 11.8. The molecule has 5 atom stereocenters. The van der Waals surface area contributed by atoms with Crippen molar-refractivity contribution in [3.05, 3.63) is 0 Å². The van der Waals surface area contributed by atoms with Gasteiger partial charge in [0.15, 0.2) is 12.2 Å². The predicted molar refractivity (Wildman–Crippen MR) is 386 cm³/mol. The molecule has 95 heavy (non-hydrogen) atoms. The van der Waals surface area contributed by atoms with Crippen molar-refractivity contribution in [1.29, 1.82) is 0 Å². The van der Waals surface area contributed by atoms with Crippen molar-refractivity contribution in [2.75, 3.05) is 39.6 Å². The lowest BCUT2D eigenvalue weighted by Crippen LogP contribution is -2.30.